The molecule has 0 fully saturated rings. The van der Waals surface area contributed by atoms with Gasteiger partial charge in [0, 0.05) is 12.1 Å². The molecule has 0 amide bonds. The zero-order chi connectivity index (χ0) is 10.4. The fraction of sp³-hybridized carbons (Fsp3) is 0.300. The zero-order valence-corrected chi connectivity index (χ0v) is 8.03. The highest BCUT2D eigenvalue weighted by molar-refractivity contribution is 5.59. The highest BCUT2D eigenvalue weighted by Gasteiger charge is 1.99. The molecule has 0 bridgehead atoms. The lowest BCUT2D eigenvalue weighted by Gasteiger charge is -2.03. The van der Waals surface area contributed by atoms with Crippen molar-refractivity contribution < 1.29 is 14.3 Å². The van der Waals surface area contributed by atoms with Crippen LogP contribution in [0.4, 0.5) is 10.5 Å². The van der Waals surface area contributed by atoms with Crippen LogP contribution in [0, 0.1) is 0 Å². The minimum atomic E-state index is -0.652. The van der Waals surface area contributed by atoms with E-state index in [1.54, 1.807) is 0 Å². The number of hydrogen-bond acceptors (Lipinski definition) is 4. The summed E-state index contributed by atoms with van der Waals surface area (Å²) in [5, 5.41) is 0. The number of benzene rings is 1. The van der Waals surface area contributed by atoms with Crippen molar-refractivity contribution in [2.24, 2.45) is 0 Å². The molecule has 0 aliphatic carbocycles. The van der Waals surface area contributed by atoms with Gasteiger partial charge in [-0.3, -0.25) is 0 Å². The Labute approximate surface area is 82.6 Å². The first-order valence-electron chi connectivity index (χ1n) is 4.27. The van der Waals surface area contributed by atoms with Crippen LogP contribution in [0.25, 0.3) is 0 Å². The average Bonchev–Trinajstić information content (AvgIpc) is 2.21. The summed E-state index contributed by atoms with van der Waals surface area (Å²) in [6.45, 7) is 0.316. The van der Waals surface area contributed by atoms with E-state index in [1.165, 1.54) is 7.11 Å². The van der Waals surface area contributed by atoms with E-state index < -0.39 is 6.16 Å². The zero-order valence-electron chi connectivity index (χ0n) is 8.03. The molecule has 0 saturated carbocycles. The van der Waals surface area contributed by atoms with Gasteiger partial charge in [0.15, 0.2) is 0 Å². The largest absolute Gasteiger partial charge is 0.507 e. The second-order valence-corrected chi connectivity index (χ2v) is 2.79. The summed E-state index contributed by atoms with van der Waals surface area (Å²) in [7, 11) is 1.28. The third-order valence-electron chi connectivity index (χ3n) is 1.76. The standard InChI is InChI=1S/C10H13NO3/c1-13-10(12)14-7-6-8-2-4-9(11)5-3-8/h2-5H,6-7,11H2,1H3. The Morgan fingerprint density at radius 2 is 2.00 bits per heavy atom. The topological polar surface area (TPSA) is 61.5 Å². The SMILES string of the molecule is COC(=O)OCCc1ccc(N)cc1. The lowest BCUT2D eigenvalue weighted by atomic mass is 10.1. The Bertz CT molecular complexity index is 295. The number of hydrogen-bond donors (Lipinski definition) is 1. The molecule has 2 N–H and O–H groups in total. The number of rotatable bonds is 3. The molecule has 0 saturated heterocycles. The monoisotopic (exact) mass is 195 g/mol. The molecule has 0 atom stereocenters. The number of anilines is 1. The third kappa shape index (κ3) is 3.35. The summed E-state index contributed by atoms with van der Waals surface area (Å²) in [6.07, 6.45) is 0.00972. The van der Waals surface area contributed by atoms with Gasteiger partial charge in [0.25, 0.3) is 0 Å². The van der Waals surface area contributed by atoms with E-state index in [4.69, 9.17) is 10.5 Å². The Balaban J connectivity index is 2.31. The summed E-state index contributed by atoms with van der Waals surface area (Å²) in [6, 6.07) is 7.42. The van der Waals surface area contributed by atoms with Gasteiger partial charge in [-0.2, -0.15) is 0 Å². The van der Waals surface area contributed by atoms with Gasteiger partial charge in [0.05, 0.1) is 13.7 Å². The molecule has 76 valence electrons. The number of ether oxygens (including phenoxy) is 2. The van der Waals surface area contributed by atoms with Crippen molar-refractivity contribution in [2.45, 2.75) is 6.42 Å². The van der Waals surface area contributed by atoms with Crippen LogP contribution in [0.15, 0.2) is 24.3 Å². The summed E-state index contributed by atoms with van der Waals surface area (Å²) >= 11 is 0. The van der Waals surface area contributed by atoms with Crippen molar-refractivity contribution in [3.8, 4) is 0 Å². The van der Waals surface area contributed by atoms with Crippen LogP contribution >= 0.6 is 0 Å². The van der Waals surface area contributed by atoms with Crippen molar-refractivity contribution in [1.29, 1.82) is 0 Å². The molecule has 0 unspecified atom stereocenters. The van der Waals surface area contributed by atoms with Crippen molar-refractivity contribution in [1.82, 2.24) is 0 Å². The number of carbonyl (C=O) groups excluding carboxylic acids is 1. The molecule has 1 aromatic carbocycles. The summed E-state index contributed by atoms with van der Waals surface area (Å²) in [4.78, 5) is 10.6. The molecular weight excluding hydrogens is 182 g/mol. The van der Waals surface area contributed by atoms with Gasteiger partial charge in [-0.15, -0.1) is 0 Å². The lowest BCUT2D eigenvalue weighted by molar-refractivity contribution is 0.0737. The van der Waals surface area contributed by atoms with Crippen LogP contribution in [0.5, 0.6) is 0 Å². The Morgan fingerprint density at radius 3 is 2.57 bits per heavy atom. The molecule has 1 aromatic rings. The molecule has 0 aliphatic heterocycles. The van der Waals surface area contributed by atoms with E-state index in [1.807, 2.05) is 24.3 Å². The minimum absolute atomic E-state index is 0.316. The van der Waals surface area contributed by atoms with Crippen molar-refractivity contribution in [2.75, 3.05) is 19.5 Å². The van der Waals surface area contributed by atoms with Gasteiger partial charge in [-0.25, -0.2) is 4.79 Å². The van der Waals surface area contributed by atoms with Crippen molar-refractivity contribution >= 4 is 11.8 Å². The van der Waals surface area contributed by atoms with E-state index in [-0.39, 0.29) is 0 Å². The third-order valence-corrected chi connectivity index (χ3v) is 1.76. The first-order chi connectivity index (χ1) is 6.72. The molecule has 0 heterocycles. The Morgan fingerprint density at radius 1 is 1.36 bits per heavy atom. The van der Waals surface area contributed by atoms with Gasteiger partial charge in [0.1, 0.15) is 0 Å². The number of carbonyl (C=O) groups is 1. The molecular formula is C10H13NO3. The highest BCUT2D eigenvalue weighted by atomic mass is 16.7. The normalized spacial score (nSPS) is 9.50. The molecule has 14 heavy (non-hydrogen) atoms. The van der Waals surface area contributed by atoms with E-state index >= 15 is 0 Å². The predicted molar refractivity (Wildman–Crippen MR) is 52.9 cm³/mol. The van der Waals surface area contributed by atoms with Crippen molar-refractivity contribution in [3.63, 3.8) is 0 Å². The van der Waals surface area contributed by atoms with Crippen molar-refractivity contribution in [3.05, 3.63) is 29.8 Å². The second kappa shape index (κ2) is 5.11. The molecule has 0 aliphatic rings. The Hall–Kier alpha value is -1.71. The molecule has 0 radical (unpaired) electrons. The smallest absolute Gasteiger partial charge is 0.438 e. The minimum Gasteiger partial charge on any atom is -0.438 e. The van der Waals surface area contributed by atoms with E-state index in [9.17, 15) is 4.79 Å². The summed E-state index contributed by atoms with van der Waals surface area (Å²) in [5.41, 5.74) is 7.32. The van der Waals surface area contributed by atoms with Gasteiger partial charge >= 0.3 is 6.16 Å². The summed E-state index contributed by atoms with van der Waals surface area (Å²) < 4.78 is 9.06. The number of nitrogen functional groups attached to an aromatic ring is 1. The fourth-order valence-corrected chi connectivity index (χ4v) is 0.995. The van der Waals surface area contributed by atoms with Gasteiger partial charge in [-0.05, 0) is 17.7 Å². The maximum Gasteiger partial charge on any atom is 0.507 e. The lowest BCUT2D eigenvalue weighted by Crippen LogP contribution is -2.07. The van der Waals surface area contributed by atoms with Gasteiger partial charge < -0.3 is 15.2 Å². The average molecular weight is 195 g/mol. The predicted octanol–water partition coefficient (Wildman–Crippen LogP) is 1.59. The Kier molecular flexibility index (Phi) is 3.79. The molecule has 0 aromatic heterocycles. The second-order valence-electron chi connectivity index (χ2n) is 2.79. The van der Waals surface area contributed by atoms with Crippen LogP contribution < -0.4 is 5.73 Å². The number of methoxy groups -OCH3 is 1. The highest BCUT2D eigenvalue weighted by Crippen LogP contribution is 2.06. The van der Waals surface area contributed by atoms with Crippen LogP contribution in [0.2, 0.25) is 0 Å². The van der Waals surface area contributed by atoms with Gasteiger partial charge in [0.2, 0.25) is 0 Å². The van der Waals surface area contributed by atoms with Crippen LogP contribution in [-0.4, -0.2) is 19.9 Å². The fourth-order valence-electron chi connectivity index (χ4n) is 0.995. The maximum atomic E-state index is 10.6. The first-order valence-corrected chi connectivity index (χ1v) is 4.27. The van der Waals surface area contributed by atoms with Gasteiger partial charge in [-0.1, -0.05) is 12.1 Å². The summed E-state index contributed by atoms with van der Waals surface area (Å²) in [5.74, 6) is 0. The van der Waals surface area contributed by atoms with E-state index in [0.29, 0.717) is 13.0 Å². The molecule has 1 rings (SSSR count). The van der Waals surface area contributed by atoms with Crippen LogP contribution in [0.1, 0.15) is 5.56 Å². The number of nitrogens with two attached hydrogens (primary N) is 1. The molecule has 4 heteroatoms. The van der Waals surface area contributed by atoms with E-state index in [2.05, 4.69) is 4.74 Å². The first kappa shape index (κ1) is 10.4. The van der Waals surface area contributed by atoms with Crippen LogP contribution in [0.3, 0.4) is 0 Å². The molecule has 0 spiro atoms. The molecule has 4 nitrogen and oxygen atoms in total. The van der Waals surface area contributed by atoms with E-state index in [0.717, 1.165) is 11.3 Å². The van der Waals surface area contributed by atoms with Crippen LogP contribution in [-0.2, 0) is 15.9 Å². The maximum absolute atomic E-state index is 10.6. The quantitative estimate of drug-likeness (QED) is 0.587.